The molecule has 4 nitrogen and oxygen atoms in total. The Kier molecular flexibility index (Phi) is 7.59. The van der Waals surface area contributed by atoms with E-state index in [1.165, 1.54) is 0 Å². The molecule has 1 saturated heterocycles. The molecule has 2 aromatic rings. The molecule has 0 aromatic heterocycles. The second-order valence-corrected chi connectivity index (χ2v) is 7.84. The number of nitrogens with one attached hydrogen (secondary N) is 2. The highest BCUT2D eigenvalue weighted by atomic mass is 79.9. The van der Waals surface area contributed by atoms with Crippen LogP contribution in [-0.4, -0.2) is 26.2 Å². The summed E-state index contributed by atoms with van der Waals surface area (Å²) in [6.45, 7) is 8.58. The predicted octanol–water partition coefficient (Wildman–Crippen LogP) is 4.56. The van der Waals surface area contributed by atoms with E-state index in [4.69, 9.17) is 21.1 Å². The van der Waals surface area contributed by atoms with E-state index in [0.717, 1.165) is 53.3 Å². The Morgan fingerprint density at radius 1 is 1.19 bits per heavy atom. The minimum absolute atomic E-state index is 0.464. The third-order valence-corrected chi connectivity index (χ3v) is 5.39. The van der Waals surface area contributed by atoms with Gasteiger partial charge in [0.2, 0.25) is 0 Å². The summed E-state index contributed by atoms with van der Waals surface area (Å²) in [7, 11) is 0. The molecule has 1 fully saturated rings. The van der Waals surface area contributed by atoms with E-state index < -0.39 is 0 Å². The first kappa shape index (κ1) is 20.2. The molecule has 144 valence electrons. The highest BCUT2D eigenvalue weighted by molar-refractivity contribution is 9.10. The molecule has 6 heteroatoms. The molecule has 1 aliphatic rings. The van der Waals surface area contributed by atoms with Crippen molar-refractivity contribution in [2.45, 2.75) is 13.2 Å². The normalized spacial score (nSPS) is 13.9. The molecule has 0 aliphatic carbocycles. The lowest BCUT2D eigenvalue weighted by Crippen LogP contribution is -2.47. The zero-order valence-corrected chi connectivity index (χ0v) is 17.5. The van der Waals surface area contributed by atoms with Crippen LogP contribution >= 0.6 is 27.5 Å². The summed E-state index contributed by atoms with van der Waals surface area (Å²) >= 11 is 9.52. The quantitative estimate of drug-likeness (QED) is 0.520. The van der Waals surface area contributed by atoms with Crippen LogP contribution in [-0.2, 0) is 13.2 Å². The highest BCUT2D eigenvalue weighted by Gasteiger charge is 2.16. The Balaban J connectivity index is 1.64. The van der Waals surface area contributed by atoms with Gasteiger partial charge in [0.15, 0.2) is 0 Å². The maximum atomic E-state index is 6.00. The van der Waals surface area contributed by atoms with Crippen LogP contribution in [0.2, 0.25) is 5.02 Å². The van der Waals surface area contributed by atoms with E-state index in [1.807, 2.05) is 36.4 Å². The van der Waals surface area contributed by atoms with Crippen LogP contribution in [0.5, 0.6) is 11.5 Å². The molecule has 0 amide bonds. The second-order valence-electron chi connectivity index (χ2n) is 6.55. The van der Waals surface area contributed by atoms with E-state index >= 15 is 0 Å². The monoisotopic (exact) mass is 450 g/mol. The van der Waals surface area contributed by atoms with Gasteiger partial charge in [0.05, 0.1) is 0 Å². The third-order valence-electron chi connectivity index (χ3n) is 4.41. The van der Waals surface area contributed by atoms with Crippen LogP contribution in [0, 0.1) is 5.92 Å². The van der Waals surface area contributed by atoms with Gasteiger partial charge >= 0.3 is 0 Å². The van der Waals surface area contributed by atoms with Gasteiger partial charge < -0.3 is 20.1 Å². The third kappa shape index (κ3) is 5.98. The standard InChI is InChI=1S/C21H24BrClN2O2/c1-2-7-26-21-6-5-19(8-17(21)13-25-12-15-10-24-11-15)27-14-16-3-4-18(23)9-20(16)22/h2-6,8-9,15,24-25H,1,7,10-14H2. The average Bonchev–Trinajstić information content (AvgIpc) is 2.62. The molecule has 2 aromatic carbocycles. The fraction of sp³-hybridized carbons (Fsp3) is 0.333. The largest absolute Gasteiger partial charge is 0.489 e. The average molecular weight is 452 g/mol. The van der Waals surface area contributed by atoms with Crippen LogP contribution in [0.15, 0.2) is 53.5 Å². The maximum Gasteiger partial charge on any atom is 0.124 e. The van der Waals surface area contributed by atoms with Crippen LogP contribution in [0.4, 0.5) is 0 Å². The van der Waals surface area contributed by atoms with Gasteiger partial charge in [-0.15, -0.1) is 0 Å². The maximum absolute atomic E-state index is 6.00. The van der Waals surface area contributed by atoms with Crippen molar-refractivity contribution in [1.29, 1.82) is 0 Å². The van der Waals surface area contributed by atoms with E-state index in [0.29, 0.717) is 24.2 Å². The van der Waals surface area contributed by atoms with E-state index in [1.54, 1.807) is 6.08 Å². The van der Waals surface area contributed by atoms with E-state index in [2.05, 4.69) is 33.1 Å². The van der Waals surface area contributed by atoms with Crippen molar-refractivity contribution >= 4 is 27.5 Å². The lowest BCUT2D eigenvalue weighted by molar-refractivity contribution is 0.302. The Morgan fingerprint density at radius 3 is 2.74 bits per heavy atom. The number of hydrogen-bond donors (Lipinski definition) is 2. The Morgan fingerprint density at radius 2 is 2.04 bits per heavy atom. The molecule has 0 atom stereocenters. The van der Waals surface area contributed by atoms with Crippen LogP contribution in [0.25, 0.3) is 0 Å². The van der Waals surface area contributed by atoms with Crippen molar-refractivity contribution in [3.8, 4) is 11.5 Å². The molecule has 1 heterocycles. The fourth-order valence-corrected chi connectivity index (χ4v) is 3.57. The smallest absolute Gasteiger partial charge is 0.124 e. The molecule has 0 bridgehead atoms. The highest BCUT2D eigenvalue weighted by Crippen LogP contribution is 2.27. The molecule has 1 aliphatic heterocycles. The first-order chi connectivity index (χ1) is 13.2. The topological polar surface area (TPSA) is 42.5 Å². The molecule has 3 rings (SSSR count). The van der Waals surface area contributed by atoms with Gasteiger partial charge in [0, 0.05) is 46.8 Å². The molecular formula is C21H24BrClN2O2. The molecular weight excluding hydrogens is 428 g/mol. The summed E-state index contributed by atoms with van der Waals surface area (Å²) in [4.78, 5) is 0. The van der Waals surface area contributed by atoms with Crippen molar-refractivity contribution in [3.63, 3.8) is 0 Å². The summed E-state index contributed by atoms with van der Waals surface area (Å²) in [5.74, 6) is 2.38. The van der Waals surface area contributed by atoms with Crippen LogP contribution < -0.4 is 20.1 Å². The summed E-state index contributed by atoms with van der Waals surface area (Å²) in [6, 6.07) is 11.6. The van der Waals surface area contributed by atoms with Gasteiger partial charge in [-0.1, -0.05) is 46.3 Å². The Bertz CT molecular complexity index is 781. The minimum atomic E-state index is 0.464. The first-order valence-electron chi connectivity index (χ1n) is 9.00. The molecule has 2 N–H and O–H groups in total. The second kappa shape index (κ2) is 10.1. The van der Waals surface area contributed by atoms with Gasteiger partial charge in [-0.05, 0) is 36.2 Å². The van der Waals surface area contributed by atoms with Crippen molar-refractivity contribution in [3.05, 3.63) is 69.7 Å². The number of ether oxygens (including phenoxy) is 2. The number of hydrogen-bond acceptors (Lipinski definition) is 4. The van der Waals surface area contributed by atoms with Crippen molar-refractivity contribution in [1.82, 2.24) is 10.6 Å². The Labute approximate surface area is 174 Å². The molecule has 0 radical (unpaired) electrons. The van der Waals surface area contributed by atoms with E-state index in [-0.39, 0.29) is 0 Å². The molecule has 0 saturated carbocycles. The Hall–Kier alpha value is -1.53. The van der Waals surface area contributed by atoms with Gasteiger partial charge in [-0.3, -0.25) is 0 Å². The zero-order chi connectivity index (χ0) is 19.1. The van der Waals surface area contributed by atoms with Crippen LogP contribution in [0.1, 0.15) is 11.1 Å². The van der Waals surface area contributed by atoms with Gasteiger partial charge in [-0.25, -0.2) is 0 Å². The molecule has 27 heavy (non-hydrogen) atoms. The molecule has 0 unspecified atom stereocenters. The van der Waals surface area contributed by atoms with Crippen molar-refractivity contribution < 1.29 is 9.47 Å². The number of halogens is 2. The van der Waals surface area contributed by atoms with Crippen molar-refractivity contribution in [2.75, 3.05) is 26.2 Å². The molecule has 0 spiro atoms. The zero-order valence-electron chi connectivity index (χ0n) is 15.1. The lowest BCUT2D eigenvalue weighted by Gasteiger charge is -2.27. The summed E-state index contributed by atoms with van der Waals surface area (Å²) < 4.78 is 12.7. The first-order valence-corrected chi connectivity index (χ1v) is 10.2. The van der Waals surface area contributed by atoms with E-state index in [9.17, 15) is 0 Å². The predicted molar refractivity (Wildman–Crippen MR) is 114 cm³/mol. The number of rotatable bonds is 10. The summed E-state index contributed by atoms with van der Waals surface area (Å²) in [5.41, 5.74) is 2.13. The summed E-state index contributed by atoms with van der Waals surface area (Å²) in [6.07, 6.45) is 1.75. The summed E-state index contributed by atoms with van der Waals surface area (Å²) in [5, 5.41) is 7.50. The van der Waals surface area contributed by atoms with Gasteiger partial charge in [0.25, 0.3) is 0 Å². The number of benzene rings is 2. The van der Waals surface area contributed by atoms with Gasteiger partial charge in [-0.2, -0.15) is 0 Å². The van der Waals surface area contributed by atoms with Crippen LogP contribution in [0.3, 0.4) is 0 Å². The fourth-order valence-electron chi connectivity index (χ4n) is 2.78. The van der Waals surface area contributed by atoms with Gasteiger partial charge in [0.1, 0.15) is 24.7 Å². The van der Waals surface area contributed by atoms with Crippen molar-refractivity contribution in [2.24, 2.45) is 5.92 Å². The minimum Gasteiger partial charge on any atom is -0.489 e. The lowest BCUT2D eigenvalue weighted by atomic mass is 10.0. The SMILES string of the molecule is C=CCOc1ccc(OCc2ccc(Cl)cc2Br)cc1CNCC1CNC1.